The van der Waals surface area contributed by atoms with Gasteiger partial charge in [0.2, 0.25) is 0 Å². The quantitative estimate of drug-likeness (QED) is 0.587. The summed E-state index contributed by atoms with van der Waals surface area (Å²) in [4.78, 5) is 13.0. The summed E-state index contributed by atoms with van der Waals surface area (Å²) in [5.41, 5.74) is 0.490. The van der Waals surface area contributed by atoms with Gasteiger partial charge in [-0.25, -0.2) is 4.79 Å². The third-order valence-corrected chi connectivity index (χ3v) is 1.97. The molecule has 68 valence electrons. The van der Waals surface area contributed by atoms with E-state index in [1.165, 1.54) is 7.11 Å². The monoisotopic (exact) mass is 178 g/mol. The maximum absolute atomic E-state index is 11.1. The Labute approximate surface area is 76.2 Å². The van der Waals surface area contributed by atoms with E-state index in [9.17, 15) is 4.79 Å². The van der Waals surface area contributed by atoms with Gasteiger partial charge in [0, 0.05) is 12.4 Å². The van der Waals surface area contributed by atoms with E-state index in [0.717, 1.165) is 0 Å². The first-order valence-electron chi connectivity index (χ1n) is 4.00. The van der Waals surface area contributed by atoms with E-state index >= 15 is 0 Å². The van der Waals surface area contributed by atoms with Gasteiger partial charge in [0.05, 0.1) is 7.11 Å². The fourth-order valence-electron chi connectivity index (χ4n) is 1.32. The molecular weight excluding hydrogens is 168 g/mol. The number of rotatable bonds is 1. The Morgan fingerprint density at radius 1 is 1.62 bits per heavy atom. The number of fused-ring (bicyclic) bond motifs is 1. The molecule has 0 unspecified atom stereocenters. The van der Waals surface area contributed by atoms with E-state index in [4.69, 9.17) is 0 Å². The Kier molecular flexibility index (Phi) is 1.81. The minimum absolute atomic E-state index is 0.0547. The van der Waals surface area contributed by atoms with Crippen molar-refractivity contribution in [2.24, 2.45) is 0 Å². The SMILES string of the molecule is COC(=O)C1=CN2C=CC=C[C@@H]2N1. The molecule has 0 fully saturated rings. The smallest absolute Gasteiger partial charge is 0.355 e. The zero-order valence-corrected chi connectivity index (χ0v) is 7.23. The van der Waals surface area contributed by atoms with Crippen molar-refractivity contribution in [3.8, 4) is 0 Å². The molecule has 1 atom stereocenters. The second kappa shape index (κ2) is 2.97. The predicted molar refractivity (Wildman–Crippen MR) is 47.1 cm³/mol. The summed E-state index contributed by atoms with van der Waals surface area (Å²) in [6, 6.07) is 0. The van der Waals surface area contributed by atoms with Crippen LogP contribution in [0.1, 0.15) is 0 Å². The number of nitrogens with one attached hydrogen (secondary N) is 1. The Bertz CT molecular complexity index is 318. The van der Waals surface area contributed by atoms with Crippen molar-refractivity contribution < 1.29 is 9.53 Å². The molecule has 0 aromatic rings. The van der Waals surface area contributed by atoms with Crippen molar-refractivity contribution in [3.05, 3.63) is 36.3 Å². The molecule has 2 aliphatic heterocycles. The van der Waals surface area contributed by atoms with Gasteiger partial charge in [0.25, 0.3) is 0 Å². The number of hydrogen-bond acceptors (Lipinski definition) is 4. The van der Waals surface area contributed by atoms with E-state index < -0.39 is 0 Å². The molecule has 2 rings (SSSR count). The molecule has 0 aromatic carbocycles. The molecule has 2 aliphatic rings. The van der Waals surface area contributed by atoms with Crippen molar-refractivity contribution in [2.45, 2.75) is 6.17 Å². The van der Waals surface area contributed by atoms with Crippen LogP contribution in [0.15, 0.2) is 36.3 Å². The van der Waals surface area contributed by atoms with Gasteiger partial charge in [0.1, 0.15) is 11.9 Å². The molecule has 0 bridgehead atoms. The van der Waals surface area contributed by atoms with Crippen LogP contribution in [0.5, 0.6) is 0 Å². The van der Waals surface area contributed by atoms with Crippen LogP contribution >= 0.6 is 0 Å². The minimum Gasteiger partial charge on any atom is -0.464 e. The lowest BCUT2D eigenvalue weighted by Gasteiger charge is -2.20. The predicted octanol–water partition coefficient (Wildman–Crippen LogP) is 0.316. The van der Waals surface area contributed by atoms with Gasteiger partial charge >= 0.3 is 5.97 Å². The number of carbonyl (C=O) groups excluding carboxylic acids is 1. The maximum Gasteiger partial charge on any atom is 0.355 e. The minimum atomic E-state index is -0.337. The Balaban J connectivity index is 2.15. The molecule has 0 radical (unpaired) electrons. The van der Waals surface area contributed by atoms with Crippen LogP contribution in [-0.2, 0) is 9.53 Å². The van der Waals surface area contributed by atoms with Crippen molar-refractivity contribution in [2.75, 3.05) is 7.11 Å². The van der Waals surface area contributed by atoms with Gasteiger partial charge in [-0.05, 0) is 12.2 Å². The molecule has 0 saturated carbocycles. The highest BCUT2D eigenvalue weighted by atomic mass is 16.5. The Morgan fingerprint density at radius 3 is 3.15 bits per heavy atom. The lowest BCUT2D eigenvalue weighted by Crippen LogP contribution is -2.33. The number of ether oxygens (including phenoxy) is 1. The second-order valence-corrected chi connectivity index (χ2v) is 2.80. The molecule has 0 spiro atoms. The number of esters is 1. The average molecular weight is 178 g/mol. The fourth-order valence-corrected chi connectivity index (χ4v) is 1.32. The summed E-state index contributed by atoms with van der Waals surface area (Å²) in [5.74, 6) is -0.337. The van der Waals surface area contributed by atoms with Crippen molar-refractivity contribution in [3.63, 3.8) is 0 Å². The second-order valence-electron chi connectivity index (χ2n) is 2.80. The maximum atomic E-state index is 11.1. The number of methoxy groups -OCH3 is 1. The van der Waals surface area contributed by atoms with Gasteiger partial charge in [-0.2, -0.15) is 0 Å². The van der Waals surface area contributed by atoms with Gasteiger partial charge in [-0.1, -0.05) is 6.08 Å². The van der Waals surface area contributed by atoms with Crippen LogP contribution in [0, 0.1) is 0 Å². The third-order valence-electron chi connectivity index (χ3n) is 1.97. The van der Waals surface area contributed by atoms with Crippen LogP contribution in [0.4, 0.5) is 0 Å². The van der Waals surface area contributed by atoms with Crippen LogP contribution in [0.3, 0.4) is 0 Å². The lowest BCUT2D eigenvalue weighted by molar-refractivity contribution is -0.136. The molecular formula is C9H10N2O2. The van der Waals surface area contributed by atoms with E-state index in [1.807, 2.05) is 29.3 Å². The molecule has 4 heteroatoms. The van der Waals surface area contributed by atoms with Gasteiger partial charge in [0.15, 0.2) is 0 Å². The lowest BCUT2D eigenvalue weighted by atomic mass is 10.3. The zero-order valence-electron chi connectivity index (χ0n) is 7.23. The third kappa shape index (κ3) is 1.30. The normalized spacial score (nSPS) is 23.6. The summed E-state index contributed by atoms with van der Waals surface area (Å²) in [6.07, 6.45) is 9.49. The van der Waals surface area contributed by atoms with E-state index in [0.29, 0.717) is 5.70 Å². The van der Waals surface area contributed by atoms with Crippen molar-refractivity contribution in [1.29, 1.82) is 0 Å². The Morgan fingerprint density at radius 2 is 2.46 bits per heavy atom. The highest BCUT2D eigenvalue weighted by Gasteiger charge is 2.25. The van der Waals surface area contributed by atoms with E-state index in [-0.39, 0.29) is 12.1 Å². The van der Waals surface area contributed by atoms with Crippen molar-refractivity contribution in [1.82, 2.24) is 10.2 Å². The first-order chi connectivity index (χ1) is 6.31. The molecule has 2 heterocycles. The van der Waals surface area contributed by atoms with E-state index in [2.05, 4.69) is 10.1 Å². The number of allylic oxidation sites excluding steroid dienone is 2. The largest absolute Gasteiger partial charge is 0.464 e. The van der Waals surface area contributed by atoms with Gasteiger partial charge in [-0.3, -0.25) is 0 Å². The number of nitrogens with zero attached hydrogens (tertiary/aromatic N) is 1. The van der Waals surface area contributed by atoms with Crippen LogP contribution in [0.25, 0.3) is 0 Å². The standard InChI is InChI=1S/C9H10N2O2/c1-13-9(12)7-6-11-5-3-2-4-8(11)10-7/h2-6,8,10H,1H3/t8-/m1/s1. The molecule has 1 N–H and O–H groups in total. The summed E-state index contributed by atoms with van der Waals surface area (Å²) in [5, 5.41) is 3.02. The van der Waals surface area contributed by atoms with E-state index in [1.54, 1.807) is 6.20 Å². The molecule has 0 saturated heterocycles. The highest BCUT2D eigenvalue weighted by Crippen LogP contribution is 2.16. The topological polar surface area (TPSA) is 41.6 Å². The summed E-state index contributed by atoms with van der Waals surface area (Å²) < 4.78 is 4.60. The van der Waals surface area contributed by atoms with Gasteiger partial charge < -0.3 is 15.0 Å². The Hall–Kier alpha value is -1.71. The molecule has 4 nitrogen and oxygen atoms in total. The van der Waals surface area contributed by atoms with Gasteiger partial charge in [-0.15, -0.1) is 0 Å². The molecule has 0 aromatic heterocycles. The van der Waals surface area contributed by atoms with Crippen LogP contribution in [-0.4, -0.2) is 24.1 Å². The number of carbonyl (C=O) groups is 1. The first-order valence-corrected chi connectivity index (χ1v) is 4.00. The van der Waals surface area contributed by atoms with Crippen molar-refractivity contribution >= 4 is 5.97 Å². The van der Waals surface area contributed by atoms with Crippen LogP contribution < -0.4 is 5.32 Å². The fraction of sp³-hybridized carbons (Fsp3) is 0.222. The average Bonchev–Trinajstić information content (AvgIpc) is 2.59. The first kappa shape index (κ1) is 7.91. The molecule has 0 aliphatic carbocycles. The molecule has 0 amide bonds. The molecule has 13 heavy (non-hydrogen) atoms. The summed E-state index contributed by atoms with van der Waals surface area (Å²) in [6.45, 7) is 0. The summed E-state index contributed by atoms with van der Waals surface area (Å²) >= 11 is 0. The summed E-state index contributed by atoms with van der Waals surface area (Å²) in [7, 11) is 1.37. The van der Waals surface area contributed by atoms with Crippen LogP contribution in [0.2, 0.25) is 0 Å². The zero-order chi connectivity index (χ0) is 9.26. The highest BCUT2D eigenvalue weighted by molar-refractivity contribution is 5.88. The number of hydrogen-bond donors (Lipinski definition) is 1.